The number of rotatable bonds is 6. The van der Waals surface area contributed by atoms with E-state index >= 15 is 0 Å². The van der Waals surface area contributed by atoms with Gasteiger partial charge in [0, 0.05) is 44.3 Å². The molecular formula is C15H20N6S3. The van der Waals surface area contributed by atoms with Crippen molar-refractivity contribution < 1.29 is 0 Å². The molecule has 3 heterocycles. The molecule has 0 saturated carbocycles. The normalized spacial score (nSPS) is 15.6. The van der Waals surface area contributed by atoms with Crippen LogP contribution in [-0.4, -0.2) is 56.6 Å². The standard InChI is InChI=1S/C15H20N6S3/c1-12(2)10-23-14-18-21(15(22)24-14)11-19-6-8-20(9-7-19)13-16-4-3-5-17-13/h3-5H,1,6-11H2,2H3. The first-order valence-corrected chi connectivity index (χ1v) is 9.92. The highest BCUT2D eigenvalue weighted by Crippen LogP contribution is 2.23. The van der Waals surface area contributed by atoms with Gasteiger partial charge in [0.25, 0.3) is 0 Å². The third-order valence-corrected chi connectivity index (χ3v) is 6.24. The second kappa shape index (κ2) is 8.19. The third-order valence-electron chi connectivity index (χ3n) is 3.57. The fraction of sp³-hybridized carbons (Fsp3) is 0.467. The molecule has 9 heteroatoms. The molecule has 0 aliphatic carbocycles. The molecule has 0 N–H and O–H groups in total. The molecule has 0 bridgehead atoms. The molecule has 2 aromatic heterocycles. The quantitative estimate of drug-likeness (QED) is 0.434. The Morgan fingerprint density at radius 3 is 2.67 bits per heavy atom. The van der Waals surface area contributed by atoms with Gasteiger partial charge in [0.15, 0.2) is 8.29 Å². The number of piperazine rings is 1. The predicted molar refractivity (Wildman–Crippen MR) is 102 cm³/mol. The van der Waals surface area contributed by atoms with Crippen molar-refractivity contribution in [3.63, 3.8) is 0 Å². The molecule has 0 amide bonds. The van der Waals surface area contributed by atoms with Crippen LogP contribution in [0.15, 0.2) is 35.0 Å². The predicted octanol–water partition coefficient (Wildman–Crippen LogP) is 2.91. The molecule has 0 unspecified atom stereocenters. The number of hydrogen-bond acceptors (Lipinski definition) is 8. The molecule has 24 heavy (non-hydrogen) atoms. The van der Waals surface area contributed by atoms with Crippen molar-refractivity contribution in [2.24, 2.45) is 0 Å². The van der Waals surface area contributed by atoms with Crippen molar-refractivity contribution >= 4 is 41.3 Å². The summed E-state index contributed by atoms with van der Waals surface area (Å²) in [7, 11) is 0. The van der Waals surface area contributed by atoms with E-state index < -0.39 is 0 Å². The van der Waals surface area contributed by atoms with Gasteiger partial charge in [-0.2, -0.15) is 5.10 Å². The molecule has 128 valence electrons. The molecule has 0 atom stereocenters. The van der Waals surface area contributed by atoms with E-state index in [1.807, 2.05) is 17.7 Å². The van der Waals surface area contributed by atoms with Gasteiger partial charge in [-0.3, -0.25) is 4.90 Å². The van der Waals surface area contributed by atoms with E-state index in [2.05, 4.69) is 31.4 Å². The van der Waals surface area contributed by atoms with Crippen LogP contribution in [0.2, 0.25) is 0 Å². The molecule has 3 rings (SSSR count). The van der Waals surface area contributed by atoms with E-state index in [1.165, 1.54) is 0 Å². The van der Waals surface area contributed by atoms with Crippen molar-refractivity contribution in [2.75, 3.05) is 36.8 Å². The number of anilines is 1. The fourth-order valence-corrected chi connectivity index (χ4v) is 4.51. The summed E-state index contributed by atoms with van der Waals surface area (Å²) in [6.45, 7) is 10.4. The summed E-state index contributed by atoms with van der Waals surface area (Å²) < 4.78 is 3.77. The average Bonchev–Trinajstić information content (AvgIpc) is 2.94. The topological polar surface area (TPSA) is 50.1 Å². The van der Waals surface area contributed by atoms with Crippen LogP contribution in [0.5, 0.6) is 0 Å². The van der Waals surface area contributed by atoms with Gasteiger partial charge < -0.3 is 4.90 Å². The van der Waals surface area contributed by atoms with Crippen LogP contribution in [0, 0.1) is 3.95 Å². The summed E-state index contributed by atoms with van der Waals surface area (Å²) in [4.78, 5) is 13.2. The smallest absolute Gasteiger partial charge is 0.225 e. The third kappa shape index (κ3) is 4.62. The number of hydrogen-bond donors (Lipinski definition) is 0. The van der Waals surface area contributed by atoms with Crippen LogP contribution in [0.1, 0.15) is 6.92 Å². The molecule has 1 saturated heterocycles. The molecule has 0 spiro atoms. The lowest BCUT2D eigenvalue weighted by molar-refractivity contribution is 0.193. The Bertz CT molecular complexity index is 733. The lowest BCUT2D eigenvalue weighted by Gasteiger charge is -2.34. The fourth-order valence-electron chi connectivity index (χ4n) is 2.35. The maximum atomic E-state index is 5.45. The summed E-state index contributed by atoms with van der Waals surface area (Å²) in [6.07, 6.45) is 3.57. The minimum Gasteiger partial charge on any atom is -0.338 e. The van der Waals surface area contributed by atoms with Gasteiger partial charge in [-0.05, 0) is 25.2 Å². The second-order valence-electron chi connectivity index (χ2n) is 5.67. The Morgan fingerprint density at radius 2 is 2.00 bits per heavy atom. The van der Waals surface area contributed by atoms with Crippen molar-refractivity contribution in [3.8, 4) is 0 Å². The summed E-state index contributed by atoms with van der Waals surface area (Å²) in [6, 6.07) is 1.84. The van der Waals surface area contributed by atoms with Crippen molar-refractivity contribution in [1.29, 1.82) is 0 Å². The van der Waals surface area contributed by atoms with Crippen LogP contribution >= 0.6 is 35.3 Å². The average molecular weight is 381 g/mol. The first kappa shape index (κ1) is 17.5. The number of thioether (sulfide) groups is 1. The maximum Gasteiger partial charge on any atom is 0.225 e. The molecule has 1 aliphatic rings. The lowest BCUT2D eigenvalue weighted by Crippen LogP contribution is -2.47. The lowest BCUT2D eigenvalue weighted by atomic mass is 10.3. The zero-order valence-corrected chi connectivity index (χ0v) is 16.0. The van der Waals surface area contributed by atoms with E-state index in [4.69, 9.17) is 12.2 Å². The highest BCUT2D eigenvalue weighted by Gasteiger charge is 2.19. The number of aromatic nitrogens is 4. The van der Waals surface area contributed by atoms with Crippen molar-refractivity contribution in [2.45, 2.75) is 17.9 Å². The first-order valence-electron chi connectivity index (χ1n) is 7.71. The van der Waals surface area contributed by atoms with Gasteiger partial charge in [0.05, 0.1) is 6.67 Å². The van der Waals surface area contributed by atoms with E-state index in [9.17, 15) is 0 Å². The van der Waals surface area contributed by atoms with Crippen LogP contribution in [0.3, 0.4) is 0 Å². The summed E-state index contributed by atoms with van der Waals surface area (Å²) >= 11 is 8.72. The van der Waals surface area contributed by atoms with E-state index in [0.29, 0.717) is 0 Å². The zero-order valence-electron chi connectivity index (χ0n) is 13.6. The molecule has 6 nitrogen and oxygen atoms in total. The van der Waals surface area contributed by atoms with Crippen LogP contribution in [-0.2, 0) is 6.67 Å². The zero-order chi connectivity index (χ0) is 16.9. The van der Waals surface area contributed by atoms with Crippen molar-refractivity contribution in [1.82, 2.24) is 24.6 Å². The monoisotopic (exact) mass is 380 g/mol. The number of nitrogens with zero attached hydrogens (tertiary/aromatic N) is 6. The molecule has 2 aromatic rings. The first-order chi connectivity index (χ1) is 11.6. The van der Waals surface area contributed by atoms with Gasteiger partial charge in [-0.1, -0.05) is 35.3 Å². The van der Waals surface area contributed by atoms with E-state index in [-0.39, 0.29) is 0 Å². The minimum absolute atomic E-state index is 0.743. The van der Waals surface area contributed by atoms with Crippen LogP contribution in [0.4, 0.5) is 5.95 Å². The maximum absolute atomic E-state index is 5.45. The molecular weight excluding hydrogens is 360 g/mol. The molecule has 0 radical (unpaired) electrons. The largest absolute Gasteiger partial charge is 0.338 e. The second-order valence-corrected chi connectivity index (χ2v) is 8.52. The SMILES string of the molecule is C=C(C)CSc1nn(CN2CCN(c3ncccn3)CC2)c(=S)s1. The molecule has 1 fully saturated rings. The molecule has 1 aliphatic heterocycles. The molecule has 0 aromatic carbocycles. The van der Waals surface area contributed by atoms with Crippen LogP contribution < -0.4 is 4.90 Å². The van der Waals surface area contributed by atoms with Gasteiger partial charge in [-0.15, -0.1) is 0 Å². The van der Waals surface area contributed by atoms with Gasteiger partial charge >= 0.3 is 0 Å². The van der Waals surface area contributed by atoms with Gasteiger partial charge in [0.1, 0.15) is 0 Å². The van der Waals surface area contributed by atoms with Gasteiger partial charge in [0.2, 0.25) is 5.95 Å². The van der Waals surface area contributed by atoms with Gasteiger partial charge in [-0.25, -0.2) is 14.6 Å². The van der Waals surface area contributed by atoms with E-state index in [1.54, 1.807) is 35.5 Å². The summed E-state index contributed by atoms with van der Waals surface area (Å²) in [5.41, 5.74) is 1.15. The summed E-state index contributed by atoms with van der Waals surface area (Å²) in [5, 5.41) is 4.63. The summed E-state index contributed by atoms with van der Waals surface area (Å²) in [5.74, 6) is 1.69. The highest BCUT2D eigenvalue weighted by atomic mass is 32.2. The van der Waals surface area contributed by atoms with E-state index in [0.717, 1.165) is 58.4 Å². The Morgan fingerprint density at radius 1 is 1.29 bits per heavy atom. The Kier molecular flexibility index (Phi) is 5.99. The van der Waals surface area contributed by atoms with Crippen molar-refractivity contribution in [3.05, 3.63) is 34.6 Å². The Hall–Kier alpha value is -1.29. The van der Waals surface area contributed by atoms with Crippen LogP contribution in [0.25, 0.3) is 0 Å². The Labute approximate surface area is 155 Å². The highest BCUT2D eigenvalue weighted by molar-refractivity contribution is 8.01. The Balaban J connectivity index is 1.54. The minimum atomic E-state index is 0.743.